The zero-order valence-electron chi connectivity index (χ0n) is 19.9. The molecule has 0 aliphatic heterocycles. The van der Waals surface area contributed by atoms with Gasteiger partial charge in [-0.25, -0.2) is 0 Å². The van der Waals surface area contributed by atoms with Crippen molar-refractivity contribution in [2.45, 2.75) is 110 Å². The standard InChI is InChI=1S/C30H44/c1-4-7-8-9-16-25-21-23-30(24-22-25,28-19-12-10-17-26(28)14-5-2)29-20-13-11-18-27(29)15-6-3/h10-13,17-20,25H,4-9,14-16,21-24H2,1-3H3. The molecule has 0 amide bonds. The first-order valence-corrected chi connectivity index (χ1v) is 12.9. The number of rotatable bonds is 11. The van der Waals surface area contributed by atoms with E-state index in [4.69, 9.17) is 0 Å². The third kappa shape index (κ3) is 5.37. The van der Waals surface area contributed by atoms with E-state index in [0.717, 1.165) is 5.92 Å². The van der Waals surface area contributed by atoms with E-state index in [1.807, 2.05) is 0 Å². The summed E-state index contributed by atoms with van der Waals surface area (Å²) in [5, 5.41) is 0. The molecule has 1 aliphatic carbocycles. The number of aryl methyl sites for hydroxylation is 2. The van der Waals surface area contributed by atoms with E-state index in [1.54, 1.807) is 22.3 Å². The Labute approximate surface area is 186 Å². The average Bonchev–Trinajstić information content (AvgIpc) is 2.79. The van der Waals surface area contributed by atoms with E-state index in [0.29, 0.717) is 0 Å². The quantitative estimate of drug-likeness (QED) is 0.328. The van der Waals surface area contributed by atoms with Crippen LogP contribution < -0.4 is 0 Å². The molecule has 0 saturated heterocycles. The summed E-state index contributed by atoms with van der Waals surface area (Å²) in [4.78, 5) is 0. The van der Waals surface area contributed by atoms with Gasteiger partial charge in [0, 0.05) is 5.41 Å². The molecule has 0 heterocycles. The Bertz CT molecular complexity index is 697. The Morgan fingerprint density at radius 3 is 1.70 bits per heavy atom. The van der Waals surface area contributed by atoms with Crippen LogP contribution in [0, 0.1) is 5.92 Å². The summed E-state index contributed by atoms with van der Waals surface area (Å²) in [7, 11) is 0. The highest BCUT2D eigenvalue weighted by Gasteiger charge is 2.40. The Morgan fingerprint density at radius 2 is 1.20 bits per heavy atom. The van der Waals surface area contributed by atoms with Gasteiger partial charge in [0.1, 0.15) is 0 Å². The fraction of sp³-hybridized carbons (Fsp3) is 0.600. The van der Waals surface area contributed by atoms with E-state index in [2.05, 4.69) is 69.3 Å². The van der Waals surface area contributed by atoms with Crippen molar-refractivity contribution in [3.63, 3.8) is 0 Å². The molecule has 0 nitrogen and oxygen atoms in total. The molecule has 0 bridgehead atoms. The van der Waals surface area contributed by atoms with E-state index in [1.165, 1.54) is 83.5 Å². The molecular weight excluding hydrogens is 360 g/mol. The van der Waals surface area contributed by atoms with Gasteiger partial charge in [0.25, 0.3) is 0 Å². The summed E-state index contributed by atoms with van der Waals surface area (Å²) in [6, 6.07) is 18.8. The first kappa shape index (κ1) is 23.1. The second-order valence-corrected chi connectivity index (χ2v) is 9.69. The molecule has 0 spiro atoms. The second-order valence-electron chi connectivity index (χ2n) is 9.69. The van der Waals surface area contributed by atoms with Gasteiger partial charge in [-0.3, -0.25) is 0 Å². The van der Waals surface area contributed by atoms with Crippen LogP contribution in [-0.2, 0) is 18.3 Å². The molecule has 0 heteroatoms. The smallest absolute Gasteiger partial charge is 0.0208 e. The lowest BCUT2D eigenvalue weighted by Gasteiger charge is -2.43. The fourth-order valence-electron chi connectivity index (χ4n) is 5.95. The van der Waals surface area contributed by atoms with Gasteiger partial charge in [0.2, 0.25) is 0 Å². The van der Waals surface area contributed by atoms with Crippen LogP contribution in [0.5, 0.6) is 0 Å². The van der Waals surface area contributed by atoms with Crippen LogP contribution in [0.25, 0.3) is 0 Å². The predicted octanol–water partition coefficient (Wildman–Crippen LogP) is 9.04. The van der Waals surface area contributed by atoms with Crippen molar-refractivity contribution in [1.82, 2.24) is 0 Å². The highest BCUT2D eigenvalue weighted by atomic mass is 14.4. The molecule has 1 fully saturated rings. The van der Waals surface area contributed by atoms with E-state index in [9.17, 15) is 0 Å². The van der Waals surface area contributed by atoms with Gasteiger partial charge in [-0.15, -0.1) is 0 Å². The molecule has 1 aliphatic rings. The maximum absolute atomic E-state index is 2.47. The van der Waals surface area contributed by atoms with Crippen LogP contribution in [0.4, 0.5) is 0 Å². The third-order valence-electron chi connectivity index (χ3n) is 7.53. The monoisotopic (exact) mass is 404 g/mol. The topological polar surface area (TPSA) is 0 Å². The zero-order chi connectivity index (χ0) is 21.2. The van der Waals surface area contributed by atoms with Crippen LogP contribution in [0.2, 0.25) is 0 Å². The van der Waals surface area contributed by atoms with Crippen molar-refractivity contribution in [2.75, 3.05) is 0 Å². The molecule has 0 aromatic heterocycles. The summed E-state index contributed by atoms with van der Waals surface area (Å²) in [6.45, 7) is 6.96. The number of hydrogen-bond donors (Lipinski definition) is 0. The number of benzene rings is 2. The summed E-state index contributed by atoms with van der Waals surface area (Å²) < 4.78 is 0. The van der Waals surface area contributed by atoms with Crippen molar-refractivity contribution >= 4 is 0 Å². The summed E-state index contributed by atoms with van der Waals surface area (Å²) in [5.41, 5.74) is 6.68. The van der Waals surface area contributed by atoms with E-state index < -0.39 is 0 Å². The van der Waals surface area contributed by atoms with Crippen LogP contribution in [0.15, 0.2) is 48.5 Å². The van der Waals surface area contributed by atoms with Gasteiger partial charge in [0.05, 0.1) is 0 Å². The zero-order valence-corrected chi connectivity index (χ0v) is 19.9. The van der Waals surface area contributed by atoms with Gasteiger partial charge in [-0.1, -0.05) is 114 Å². The second kappa shape index (κ2) is 11.7. The number of unbranched alkanes of at least 4 members (excludes halogenated alkanes) is 3. The molecule has 2 aromatic carbocycles. The van der Waals surface area contributed by atoms with Crippen molar-refractivity contribution in [2.24, 2.45) is 5.92 Å². The molecular formula is C30H44. The maximum Gasteiger partial charge on any atom is 0.0208 e. The first-order chi connectivity index (χ1) is 14.7. The van der Waals surface area contributed by atoms with Gasteiger partial charge in [0.15, 0.2) is 0 Å². The van der Waals surface area contributed by atoms with Crippen LogP contribution in [0.3, 0.4) is 0 Å². The van der Waals surface area contributed by atoms with Crippen LogP contribution >= 0.6 is 0 Å². The van der Waals surface area contributed by atoms with Gasteiger partial charge in [-0.2, -0.15) is 0 Å². The minimum atomic E-state index is 0.220. The van der Waals surface area contributed by atoms with E-state index in [-0.39, 0.29) is 5.41 Å². The van der Waals surface area contributed by atoms with Crippen LogP contribution in [0.1, 0.15) is 114 Å². The SMILES string of the molecule is CCCCCCC1CCC(c2ccccc2CCC)(c2ccccc2CCC)CC1. The Kier molecular flexibility index (Phi) is 9.04. The highest BCUT2D eigenvalue weighted by Crippen LogP contribution is 2.49. The summed E-state index contributed by atoms with van der Waals surface area (Å²) in [5.74, 6) is 0.937. The molecule has 0 radical (unpaired) electrons. The fourth-order valence-corrected chi connectivity index (χ4v) is 5.95. The Balaban J connectivity index is 1.93. The molecule has 0 unspecified atom stereocenters. The number of hydrogen-bond acceptors (Lipinski definition) is 0. The lowest BCUT2D eigenvalue weighted by Crippen LogP contribution is -2.35. The minimum absolute atomic E-state index is 0.220. The van der Waals surface area contributed by atoms with Crippen molar-refractivity contribution < 1.29 is 0 Å². The molecule has 2 aromatic rings. The molecule has 3 rings (SSSR count). The average molecular weight is 405 g/mol. The Morgan fingerprint density at radius 1 is 0.667 bits per heavy atom. The van der Waals surface area contributed by atoms with Gasteiger partial charge < -0.3 is 0 Å². The lowest BCUT2D eigenvalue weighted by molar-refractivity contribution is 0.248. The normalized spacial score (nSPS) is 16.6. The molecule has 1 saturated carbocycles. The minimum Gasteiger partial charge on any atom is -0.0654 e. The summed E-state index contributed by atoms with van der Waals surface area (Å²) in [6.07, 6.45) is 17.4. The highest BCUT2D eigenvalue weighted by molar-refractivity contribution is 5.47. The van der Waals surface area contributed by atoms with Gasteiger partial charge >= 0.3 is 0 Å². The first-order valence-electron chi connectivity index (χ1n) is 12.9. The molecule has 164 valence electrons. The molecule has 0 N–H and O–H groups in total. The van der Waals surface area contributed by atoms with Crippen molar-refractivity contribution in [3.8, 4) is 0 Å². The molecule has 30 heavy (non-hydrogen) atoms. The molecule has 0 atom stereocenters. The third-order valence-corrected chi connectivity index (χ3v) is 7.53. The van der Waals surface area contributed by atoms with Crippen LogP contribution in [-0.4, -0.2) is 0 Å². The lowest BCUT2D eigenvalue weighted by atomic mass is 9.60. The van der Waals surface area contributed by atoms with Gasteiger partial charge in [-0.05, 0) is 66.7 Å². The predicted molar refractivity (Wildman–Crippen MR) is 132 cm³/mol. The van der Waals surface area contributed by atoms with E-state index >= 15 is 0 Å². The summed E-state index contributed by atoms with van der Waals surface area (Å²) >= 11 is 0. The maximum atomic E-state index is 2.47. The van der Waals surface area contributed by atoms with Crippen molar-refractivity contribution in [1.29, 1.82) is 0 Å². The Hall–Kier alpha value is -1.56. The van der Waals surface area contributed by atoms with Crippen molar-refractivity contribution in [3.05, 3.63) is 70.8 Å². The largest absolute Gasteiger partial charge is 0.0654 e.